The maximum Gasteiger partial charge on any atom is 0.341 e. The second-order valence-electron chi connectivity index (χ2n) is 7.13. The van der Waals surface area contributed by atoms with Gasteiger partial charge in [0.1, 0.15) is 23.9 Å². The first-order valence-electron chi connectivity index (χ1n) is 8.03. The Morgan fingerprint density at radius 2 is 2.29 bits per heavy atom. The fourth-order valence-corrected chi connectivity index (χ4v) is 3.77. The van der Waals surface area contributed by atoms with Gasteiger partial charge in [-0.15, -0.1) is 0 Å². The van der Waals surface area contributed by atoms with Crippen LogP contribution in [0.3, 0.4) is 0 Å². The molecule has 2 aliphatic heterocycles. The van der Waals surface area contributed by atoms with Crippen molar-refractivity contribution in [2.45, 2.75) is 42.9 Å². The molecule has 0 unspecified atom stereocenters. The summed E-state index contributed by atoms with van der Waals surface area (Å²) in [7, 11) is 0. The van der Waals surface area contributed by atoms with Crippen LogP contribution in [0, 0.1) is 0 Å². The molecule has 0 radical (unpaired) electrons. The SMILES string of the molecule is O=C(O)c1cc2cn(C34COC(CF)(C3)C4)nc2nc1OC1CC1. The van der Waals surface area contributed by atoms with E-state index in [2.05, 4.69) is 10.1 Å². The quantitative estimate of drug-likeness (QED) is 0.899. The van der Waals surface area contributed by atoms with Crippen LogP contribution in [-0.2, 0) is 10.3 Å². The predicted octanol–water partition coefficient (Wildman–Crippen LogP) is 1.90. The largest absolute Gasteiger partial charge is 0.477 e. The number of hydrogen-bond acceptors (Lipinski definition) is 5. The molecule has 0 atom stereocenters. The maximum absolute atomic E-state index is 13.1. The summed E-state index contributed by atoms with van der Waals surface area (Å²) >= 11 is 0. The monoisotopic (exact) mass is 333 g/mol. The number of carbonyl (C=O) groups is 1. The molecule has 4 heterocycles. The summed E-state index contributed by atoms with van der Waals surface area (Å²) in [4.78, 5) is 15.8. The lowest BCUT2D eigenvalue weighted by Crippen LogP contribution is -2.52. The second-order valence-corrected chi connectivity index (χ2v) is 7.13. The highest BCUT2D eigenvalue weighted by atomic mass is 19.1. The van der Waals surface area contributed by atoms with Crippen LogP contribution < -0.4 is 4.74 Å². The summed E-state index contributed by atoms with van der Waals surface area (Å²) in [6.45, 7) is -0.0710. The highest BCUT2D eigenvalue weighted by Crippen LogP contribution is 2.56. The first kappa shape index (κ1) is 14.2. The Hall–Kier alpha value is -2.22. The summed E-state index contributed by atoms with van der Waals surface area (Å²) in [5, 5.41) is 14.5. The zero-order chi connectivity index (χ0) is 16.5. The van der Waals surface area contributed by atoms with E-state index < -0.39 is 18.2 Å². The van der Waals surface area contributed by atoms with E-state index in [0.717, 1.165) is 12.8 Å². The van der Waals surface area contributed by atoms with Crippen molar-refractivity contribution in [2.24, 2.45) is 0 Å². The molecule has 1 N–H and O–H groups in total. The van der Waals surface area contributed by atoms with Crippen molar-refractivity contribution in [3.8, 4) is 5.88 Å². The molecular weight excluding hydrogens is 317 g/mol. The third kappa shape index (κ3) is 1.89. The second kappa shape index (κ2) is 4.44. The number of carboxylic acid groups (broad SMARTS) is 1. The molecule has 8 heteroatoms. The number of fused-ring (bicyclic) bond motifs is 2. The zero-order valence-corrected chi connectivity index (χ0v) is 12.9. The lowest BCUT2D eigenvalue weighted by Gasteiger charge is -2.42. The fourth-order valence-electron chi connectivity index (χ4n) is 3.77. The van der Waals surface area contributed by atoms with Crippen molar-refractivity contribution in [3.63, 3.8) is 0 Å². The number of halogens is 1. The van der Waals surface area contributed by atoms with Gasteiger partial charge in [-0.3, -0.25) is 4.68 Å². The van der Waals surface area contributed by atoms with E-state index in [1.165, 1.54) is 0 Å². The Kier molecular flexibility index (Phi) is 2.62. The van der Waals surface area contributed by atoms with Crippen molar-refractivity contribution in [1.82, 2.24) is 14.8 Å². The molecule has 0 aromatic carbocycles. The summed E-state index contributed by atoms with van der Waals surface area (Å²) in [5.74, 6) is -0.954. The highest BCUT2D eigenvalue weighted by Gasteiger charge is 2.64. The van der Waals surface area contributed by atoms with Crippen LogP contribution in [0.1, 0.15) is 36.0 Å². The molecule has 2 aromatic heterocycles. The van der Waals surface area contributed by atoms with E-state index in [9.17, 15) is 14.3 Å². The molecule has 6 rings (SSSR count). The summed E-state index contributed by atoms with van der Waals surface area (Å²) in [6.07, 6.45) is 4.82. The van der Waals surface area contributed by atoms with Gasteiger partial charge in [0.2, 0.25) is 5.88 Å². The van der Waals surface area contributed by atoms with Gasteiger partial charge < -0.3 is 14.6 Å². The fraction of sp³-hybridized carbons (Fsp3) is 0.562. The topological polar surface area (TPSA) is 86.5 Å². The van der Waals surface area contributed by atoms with Crippen molar-refractivity contribution >= 4 is 17.0 Å². The van der Waals surface area contributed by atoms with Crippen molar-refractivity contribution in [3.05, 3.63) is 17.8 Å². The van der Waals surface area contributed by atoms with Crippen molar-refractivity contribution < 1.29 is 23.8 Å². The van der Waals surface area contributed by atoms with E-state index in [-0.39, 0.29) is 23.1 Å². The third-order valence-electron chi connectivity index (χ3n) is 5.17. The Morgan fingerprint density at radius 1 is 1.50 bits per heavy atom. The zero-order valence-electron chi connectivity index (χ0n) is 12.9. The van der Waals surface area contributed by atoms with Crippen LogP contribution in [0.2, 0.25) is 0 Å². The van der Waals surface area contributed by atoms with Gasteiger partial charge in [-0.2, -0.15) is 10.1 Å². The Labute approximate surface area is 136 Å². The predicted molar refractivity (Wildman–Crippen MR) is 80.0 cm³/mol. The maximum atomic E-state index is 13.1. The highest BCUT2D eigenvalue weighted by molar-refractivity contribution is 5.94. The number of alkyl halides is 1. The molecule has 2 bridgehead atoms. The number of carboxylic acids is 1. The van der Waals surface area contributed by atoms with Crippen LogP contribution in [0.5, 0.6) is 5.88 Å². The number of rotatable bonds is 5. The van der Waals surface area contributed by atoms with Crippen molar-refractivity contribution in [1.29, 1.82) is 0 Å². The molecule has 7 nitrogen and oxygen atoms in total. The van der Waals surface area contributed by atoms with Gasteiger partial charge in [-0.05, 0) is 18.9 Å². The van der Waals surface area contributed by atoms with E-state index in [4.69, 9.17) is 9.47 Å². The van der Waals surface area contributed by atoms with Gasteiger partial charge in [0, 0.05) is 24.4 Å². The minimum atomic E-state index is -1.07. The van der Waals surface area contributed by atoms with E-state index in [0.29, 0.717) is 30.5 Å². The standard InChI is InChI=1S/C16H16FN3O4/c17-7-16-5-15(6-16,8-23-16)20-4-9-3-11(14(21)22)13(18-12(9)19-20)24-10-1-2-10/h3-4,10H,1-2,5-8H2,(H,21,22). The Balaban J connectivity index is 1.55. The van der Waals surface area contributed by atoms with Gasteiger partial charge in [0.05, 0.1) is 12.1 Å². The molecule has 4 aliphatic rings. The van der Waals surface area contributed by atoms with E-state index in [1.54, 1.807) is 16.9 Å². The third-order valence-corrected chi connectivity index (χ3v) is 5.17. The van der Waals surface area contributed by atoms with Gasteiger partial charge in [0.15, 0.2) is 5.65 Å². The van der Waals surface area contributed by atoms with E-state index in [1.807, 2.05) is 0 Å². The molecule has 4 fully saturated rings. The van der Waals surface area contributed by atoms with Crippen LogP contribution in [-0.4, -0.2) is 50.8 Å². The first-order valence-corrected chi connectivity index (χ1v) is 8.03. The number of aromatic nitrogens is 3. The number of hydrogen-bond donors (Lipinski definition) is 1. The molecule has 2 aliphatic carbocycles. The van der Waals surface area contributed by atoms with Crippen LogP contribution >= 0.6 is 0 Å². The number of pyridine rings is 1. The normalized spacial score (nSPS) is 31.2. The molecule has 0 amide bonds. The number of nitrogens with zero attached hydrogens (tertiary/aromatic N) is 3. The summed E-state index contributed by atoms with van der Waals surface area (Å²) < 4.78 is 26.0. The van der Waals surface area contributed by atoms with Crippen molar-refractivity contribution in [2.75, 3.05) is 13.3 Å². The molecule has 126 valence electrons. The molecular formula is C16H16FN3O4. The average Bonchev–Trinajstić information content (AvgIpc) is 2.98. The summed E-state index contributed by atoms with van der Waals surface area (Å²) in [6, 6.07) is 1.54. The summed E-state index contributed by atoms with van der Waals surface area (Å²) in [5.41, 5.74) is -0.512. The average molecular weight is 333 g/mol. The van der Waals surface area contributed by atoms with Gasteiger partial charge >= 0.3 is 5.97 Å². The molecule has 2 saturated carbocycles. The number of ether oxygens (including phenoxy) is 2. The van der Waals surface area contributed by atoms with Gasteiger partial charge in [0.25, 0.3) is 0 Å². The molecule has 0 spiro atoms. The lowest BCUT2D eigenvalue weighted by atomic mass is 9.69. The van der Waals surface area contributed by atoms with Crippen LogP contribution in [0.4, 0.5) is 4.39 Å². The van der Waals surface area contributed by atoms with Gasteiger partial charge in [-0.1, -0.05) is 0 Å². The Bertz CT molecular complexity index is 854. The van der Waals surface area contributed by atoms with E-state index >= 15 is 0 Å². The minimum Gasteiger partial charge on any atom is -0.477 e. The number of aromatic carboxylic acids is 1. The molecule has 2 saturated heterocycles. The minimum absolute atomic E-state index is 0.0424. The Morgan fingerprint density at radius 3 is 2.92 bits per heavy atom. The van der Waals surface area contributed by atoms with Crippen LogP contribution in [0.15, 0.2) is 12.3 Å². The first-order chi connectivity index (χ1) is 11.5. The van der Waals surface area contributed by atoms with Crippen LogP contribution in [0.25, 0.3) is 11.0 Å². The molecule has 24 heavy (non-hydrogen) atoms. The lowest BCUT2D eigenvalue weighted by molar-refractivity contribution is -0.0336. The smallest absolute Gasteiger partial charge is 0.341 e. The van der Waals surface area contributed by atoms with Gasteiger partial charge in [-0.25, -0.2) is 9.18 Å². The molecule has 2 aromatic rings.